The van der Waals surface area contributed by atoms with Crippen LogP contribution in [0.25, 0.3) is 11.3 Å². The number of aromatic nitrogens is 3. The molecule has 78 valence electrons. The number of pyridine rings is 1. The molecular weight excluding hydrogens is 190 g/mol. The first-order valence-electron chi connectivity index (χ1n) is 4.93. The Morgan fingerprint density at radius 1 is 1.47 bits per heavy atom. The average molecular weight is 203 g/mol. The van der Waals surface area contributed by atoms with E-state index in [0.717, 1.165) is 23.4 Å². The highest BCUT2D eigenvalue weighted by Crippen LogP contribution is 2.17. The summed E-state index contributed by atoms with van der Waals surface area (Å²) in [6, 6.07) is 5.81. The van der Waals surface area contributed by atoms with E-state index in [2.05, 4.69) is 10.1 Å². The predicted octanol–water partition coefficient (Wildman–Crippen LogP) is 1.46. The third-order valence-electron chi connectivity index (χ3n) is 2.32. The van der Waals surface area contributed by atoms with Crippen molar-refractivity contribution in [1.29, 1.82) is 0 Å². The van der Waals surface area contributed by atoms with Gasteiger partial charge >= 0.3 is 0 Å². The SMILES string of the molecule is CCc1cc(-c2cccnc2)nn1CO. The van der Waals surface area contributed by atoms with Gasteiger partial charge in [0.05, 0.1) is 5.69 Å². The summed E-state index contributed by atoms with van der Waals surface area (Å²) in [5, 5.41) is 13.4. The summed E-state index contributed by atoms with van der Waals surface area (Å²) in [5.41, 5.74) is 2.85. The van der Waals surface area contributed by atoms with Gasteiger partial charge in [0.2, 0.25) is 0 Å². The van der Waals surface area contributed by atoms with Crippen molar-refractivity contribution >= 4 is 0 Å². The number of aliphatic hydroxyl groups excluding tert-OH is 1. The molecule has 0 atom stereocenters. The summed E-state index contributed by atoms with van der Waals surface area (Å²) in [6.07, 6.45) is 4.35. The molecule has 0 aliphatic heterocycles. The minimum atomic E-state index is -0.0799. The lowest BCUT2D eigenvalue weighted by Gasteiger charge is -1.98. The highest BCUT2D eigenvalue weighted by atomic mass is 16.3. The van der Waals surface area contributed by atoms with Gasteiger partial charge < -0.3 is 5.11 Å². The molecule has 0 bridgehead atoms. The molecule has 15 heavy (non-hydrogen) atoms. The zero-order valence-corrected chi connectivity index (χ0v) is 8.59. The van der Waals surface area contributed by atoms with Gasteiger partial charge in [0, 0.05) is 23.7 Å². The Hall–Kier alpha value is -1.68. The maximum Gasteiger partial charge on any atom is 0.136 e. The third kappa shape index (κ3) is 1.89. The number of aliphatic hydroxyl groups is 1. The molecule has 0 unspecified atom stereocenters. The van der Waals surface area contributed by atoms with Crippen LogP contribution < -0.4 is 0 Å². The molecule has 1 N–H and O–H groups in total. The molecule has 4 nitrogen and oxygen atoms in total. The van der Waals surface area contributed by atoms with Crippen LogP contribution in [-0.4, -0.2) is 19.9 Å². The van der Waals surface area contributed by atoms with E-state index in [1.54, 1.807) is 17.1 Å². The summed E-state index contributed by atoms with van der Waals surface area (Å²) < 4.78 is 1.60. The van der Waals surface area contributed by atoms with Gasteiger partial charge in [0.25, 0.3) is 0 Å². The van der Waals surface area contributed by atoms with Crippen molar-refractivity contribution in [2.24, 2.45) is 0 Å². The standard InChI is InChI=1S/C11H13N3O/c1-2-10-6-11(13-14(10)8-15)9-4-3-5-12-7-9/h3-7,15H,2,8H2,1H3. The Balaban J connectivity index is 2.42. The predicted molar refractivity (Wildman–Crippen MR) is 57.1 cm³/mol. The van der Waals surface area contributed by atoms with Crippen LogP contribution in [0.5, 0.6) is 0 Å². The first-order valence-corrected chi connectivity index (χ1v) is 4.93. The second-order valence-corrected chi connectivity index (χ2v) is 3.26. The van der Waals surface area contributed by atoms with Crippen LogP contribution >= 0.6 is 0 Å². The van der Waals surface area contributed by atoms with Gasteiger partial charge in [0.1, 0.15) is 6.73 Å². The van der Waals surface area contributed by atoms with E-state index in [1.165, 1.54) is 0 Å². The first kappa shape index (κ1) is 9.86. The van der Waals surface area contributed by atoms with Crippen molar-refractivity contribution in [3.63, 3.8) is 0 Å². The zero-order valence-electron chi connectivity index (χ0n) is 8.59. The minimum Gasteiger partial charge on any atom is -0.374 e. The lowest BCUT2D eigenvalue weighted by atomic mass is 10.2. The van der Waals surface area contributed by atoms with Crippen molar-refractivity contribution in [2.75, 3.05) is 0 Å². The molecular formula is C11H13N3O. The number of hydrogen-bond acceptors (Lipinski definition) is 3. The largest absolute Gasteiger partial charge is 0.374 e. The molecule has 0 amide bonds. The normalized spacial score (nSPS) is 10.5. The van der Waals surface area contributed by atoms with E-state index in [-0.39, 0.29) is 6.73 Å². The van der Waals surface area contributed by atoms with E-state index in [9.17, 15) is 0 Å². The Morgan fingerprint density at radius 2 is 2.33 bits per heavy atom. The van der Waals surface area contributed by atoms with Crippen LogP contribution in [0.4, 0.5) is 0 Å². The van der Waals surface area contributed by atoms with Crippen molar-refractivity contribution in [3.8, 4) is 11.3 Å². The van der Waals surface area contributed by atoms with E-state index in [4.69, 9.17) is 5.11 Å². The topological polar surface area (TPSA) is 50.9 Å². The monoisotopic (exact) mass is 203 g/mol. The summed E-state index contributed by atoms with van der Waals surface area (Å²) in [4.78, 5) is 4.04. The van der Waals surface area contributed by atoms with Crippen molar-refractivity contribution in [3.05, 3.63) is 36.3 Å². The molecule has 0 saturated heterocycles. The summed E-state index contributed by atoms with van der Waals surface area (Å²) in [6.45, 7) is 1.96. The Bertz CT molecular complexity index is 415. The molecule has 2 heterocycles. The smallest absolute Gasteiger partial charge is 0.136 e. The Labute approximate surface area is 88.2 Å². The highest BCUT2D eigenvalue weighted by molar-refractivity contribution is 5.57. The van der Waals surface area contributed by atoms with Crippen LogP contribution in [0.3, 0.4) is 0 Å². The maximum absolute atomic E-state index is 9.09. The second-order valence-electron chi connectivity index (χ2n) is 3.26. The molecule has 0 aliphatic rings. The van der Waals surface area contributed by atoms with Gasteiger partial charge in [-0.25, -0.2) is 4.68 Å². The average Bonchev–Trinajstić information content (AvgIpc) is 2.73. The number of aryl methyl sites for hydroxylation is 1. The lowest BCUT2D eigenvalue weighted by Crippen LogP contribution is -2.03. The van der Waals surface area contributed by atoms with Crippen LogP contribution in [-0.2, 0) is 13.2 Å². The molecule has 2 rings (SSSR count). The summed E-state index contributed by atoms with van der Waals surface area (Å²) in [5.74, 6) is 0. The molecule has 0 saturated carbocycles. The minimum absolute atomic E-state index is 0.0799. The lowest BCUT2D eigenvalue weighted by molar-refractivity contribution is 0.192. The molecule has 4 heteroatoms. The number of nitrogens with zero attached hydrogens (tertiary/aromatic N) is 3. The van der Waals surface area contributed by atoms with Gasteiger partial charge in [-0.05, 0) is 24.6 Å². The van der Waals surface area contributed by atoms with Crippen LogP contribution in [0.15, 0.2) is 30.6 Å². The maximum atomic E-state index is 9.09. The number of hydrogen-bond donors (Lipinski definition) is 1. The molecule has 0 aromatic carbocycles. The second kappa shape index (κ2) is 4.23. The number of rotatable bonds is 3. The highest BCUT2D eigenvalue weighted by Gasteiger charge is 2.06. The van der Waals surface area contributed by atoms with E-state index in [0.29, 0.717) is 0 Å². The zero-order chi connectivity index (χ0) is 10.7. The molecule has 0 aliphatic carbocycles. The van der Waals surface area contributed by atoms with Crippen molar-refractivity contribution in [1.82, 2.24) is 14.8 Å². The molecule has 0 spiro atoms. The van der Waals surface area contributed by atoms with E-state index >= 15 is 0 Å². The van der Waals surface area contributed by atoms with Gasteiger partial charge in [0.15, 0.2) is 0 Å². The fourth-order valence-electron chi connectivity index (χ4n) is 1.52. The summed E-state index contributed by atoms with van der Waals surface area (Å²) >= 11 is 0. The van der Waals surface area contributed by atoms with Crippen LogP contribution in [0, 0.1) is 0 Å². The molecule has 0 radical (unpaired) electrons. The Kier molecular flexibility index (Phi) is 2.78. The molecule has 2 aromatic rings. The fourth-order valence-corrected chi connectivity index (χ4v) is 1.52. The van der Waals surface area contributed by atoms with Crippen molar-refractivity contribution in [2.45, 2.75) is 20.1 Å². The molecule has 0 fully saturated rings. The van der Waals surface area contributed by atoms with Crippen LogP contribution in [0.2, 0.25) is 0 Å². The van der Waals surface area contributed by atoms with Gasteiger partial charge in [-0.15, -0.1) is 0 Å². The third-order valence-corrected chi connectivity index (χ3v) is 2.32. The van der Waals surface area contributed by atoms with Gasteiger partial charge in [-0.3, -0.25) is 4.98 Å². The van der Waals surface area contributed by atoms with Crippen LogP contribution in [0.1, 0.15) is 12.6 Å². The van der Waals surface area contributed by atoms with Gasteiger partial charge in [-0.1, -0.05) is 6.92 Å². The van der Waals surface area contributed by atoms with E-state index in [1.807, 2.05) is 25.1 Å². The molecule has 2 aromatic heterocycles. The summed E-state index contributed by atoms with van der Waals surface area (Å²) in [7, 11) is 0. The van der Waals surface area contributed by atoms with Gasteiger partial charge in [-0.2, -0.15) is 5.10 Å². The quantitative estimate of drug-likeness (QED) is 0.821. The van der Waals surface area contributed by atoms with Crippen molar-refractivity contribution < 1.29 is 5.11 Å². The first-order chi connectivity index (χ1) is 7.35. The fraction of sp³-hybridized carbons (Fsp3) is 0.273. The Morgan fingerprint density at radius 3 is 2.87 bits per heavy atom. The van der Waals surface area contributed by atoms with E-state index < -0.39 is 0 Å².